The van der Waals surface area contributed by atoms with Crippen LogP contribution in [0, 0.1) is 6.92 Å². The molecule has 4 heteroatoms. The molecule has 0 bridgehead atoms. The van der Waals surface area contributed by atoms with Crippen LogP contribution in [0.5, 0.6) is 5.75 Å². The van der Waals surface area contributed by atoms with Crippen LogP contribution in [0.15, 0.2) is 29.4 Å². The van der Waals surface area contributed by atoms with Crippen LogP contribution in [0.25, 0.3) is 16.5 Å². The summed E-state index contributed by atoms with van der Waals surface area (Å²) in [5.74, 6) is 0.817. The molecule has 0 saturated carbocycles. The van der Waals surface area contributed by atoms with Gasteiger partial charge >= 0.3 is 0 Å². The van der Waals surface area contributed by atoms with Crippen molar-refractivity contribution in [2.75, 3.05) is 13.7 Å². The summed E-state index contributed by atoms with van der Waals surface area (Å²) in [4.78, 5) is 2.67. The molecule has 1 aromatic rings. The van der Waals surface area contributed by atoms with Crippen molar-refractivity contribution in [3.05, 3.63) is 45.8 Å². The molecule has 0 aliphatic heterocycles. The van der Waals surface area contributed by atoms with E-state index >= 15 is 0 Å². The molecule has 0 aliphatic rings. The van der Waals surface area contributed by atoms with Gasteiger partial charge in [0.15, 0.2) is 0 Å². The van der Waals surface area contributed by atoms with Crippen molar-refractivity contribution in [1.82, 2.24) is 0 Å². The normalized spacial score (nSPS) is 10.0. The number of hydrogen-bond acceptors (Lipinski definition) is 2. The number of rotatable bonds is 4. The number of aryl methyl sites for hydroxylation is 1. The van der Waals surface area contributed by atoms with Gasteiger partial charge in [-0.15, -0.1) is 0 Å². The standard InChI is InChI=1S/C11H13N3O/c1-9-5-6-11(15-2)10(8-9)4-3-7-13-14-12/h3-6,8H,7H2,1-2H3. The fraction of sp³-hybridized carbons (Fsp3) is 0.273. The smallest absolute Gasteiger partial charge is 0.126 e. The highest BCUT2D eigenvalue weighted by atomic mass is 16.5. The predicted molar refractivity (Wildman–Crippen MR) is 60.8 cm³/mol. The van der Waals surface area contributed by atoms with E-state index in [2.05, 4.69) is 10.0 Å². The molecule has 0 N–H and O–H groups in total. The molecule has 4 nitrogen and oxygen atoms in total. The Kier molecular flexibility index (Phi) is 4.26. The number of nitrogens with zero attached hydrogens (tertiary/aromatic N) is 3. The maximum absolute atomic E-state index is 8.11. The number of hydrogen-bond donors (Lipinski definition) is 0. The first kappa shape index (κ1) is 11.1. The summed E-state index contributed by atoms with van der Waals surface area (Å²) in [7, 11) is 1.63. The van der Waals surface area contributed by atoms with Crippen LogP contribution in [0.2, 0.25) is 0 Å². The Hall–Kier alpha value is -1.93. The molecular formula is C11H13N3O. The predicted octanol–water partition coefficient (Wildman–Crippen LogP) is 3.33. The fourth-order valence-electron chi connectivity index (χ4n) is 1.25. The Morgan fingerprint density at radius 2 is 2.33 bits per heavy atom. The van der Waals surface area contributed by atoms with Crippen LogP contribution in [-0.2, 0) is 0 Å². The van der Waals surface area contributed by atoms with E-state index in [0.717, 1.165) is 11.3 Å². The summed E-state index contributed by atoms with van der Waals surface area (Å²) in [6.07, 6.45) is 3.69. The van der Waals surface area contributed by atoms with Gasteiger partial charge in [-0.2, -0.15) is 0 Å². The van der Waals surface area contributed by atoms with Crippen LogP contribution in [0.1, 0.15) is 11.1 Å². The third-order valence-corrected chi connectivity index (χ3v) is 1.93. The Morgan fingerprint density at radius 3 is 3.00 bits per heavy atom. The van der Waals surface area contributed by atoms with Gasteiger partial charge in [-0.25, -0.2) is 0 Å². The van der Waals surface area contributed by atoms with Crippen molar-refractivity contribution < 1.29 is 4.74 Å². The first-order valence-electron chi connectivity index (χ1n) is 4.60. The second-order valence-corrected chi connectivity index (χ2v) is 3.06. The molecule has 0 unspecified atom stereocenters. The fourth-order valence-corrected chi connectivity index (χ4v) is 1.25. The lowest BCUT2D eigenvalue weighted by Crippen LogP contribution is -1.87. The largest absolute Gasteiger partial charge is 0.496 e. The Labute approximate surface area is 88.8 Å². The minimum Gasteiger partial charge on any atom is -0.496 e. The van der Waals surface area contributed by atoms with E-state index in [1.54, 1.807) is 13.2 Å². The lowest BCUT2D eigenvalue weighted by Gasteiger charge is -2.05. The average molecular weight is 203 g/mol. The molecule has 0 fully saturated rings. The summed E-state index contributed by atoms with van der Waals surface area (Å²) in [5, 5.41) is 3.42. The Bertz CT molecular complexity index is 406. The Balaban J connectivity index is 2.86. The van der Waals surface area contributed by atoms with E-state index in [-0.39, 0.29) is 0 Å². The summed E-state index contributed by atoms with van der Waals surface area (Å²) in [6.45, 7) is 2.37. The van der Waals surface area contributed by atoms with Crippen LogP contribution in [0.3, 0.4) is 0 Å². The number of methoxy groups -OCH3 is 1. The molecule has 78 valence electrons. The van der Waals surface area contributed by atoms with Gasteiger partial charge in [-0.3, -0.25) is 0 Å². The average Bonchev–Trinajstić information content (AvgIpc) is 2.25. The van der Waals surface area contributed by atoms with Crippen molar-refractivity contribution in [2.24, 2.45) is 5.11 Å². The van der Waals surface area contributed by atoms with E-state index < -0.39 is 0 Å². The summed E-state index contributed by atoms with van der Waals surface area (Å²) in [5.41, 5.74) is 10.3. The van der Waals surface area contributed by atoms with Gasteiger partial charge in [0, 0.05) is 17.0 Å². The maximum atomic E-state index is 8.11. The summed E-state index contributed by atoms with van der Waals surface area (Å²) >= 11 is 0. The van der Waals surface area contributed by atoms with Crippen molar-refractivity contribution in [3.63, 3.8) is 0 Å². The zero-order valence-corrected chi connectivity index (χ0v) is 8.84. The van der Waals surface area contributed by atoms with Crippen LogP contribution >= 0.6 is 0 Å². The molecule has 0 aromatic heterocycles. The highest BCUT2D eigenvalue weighted by Crippen LogP contribution is 2.20. The molecule has 0 spiro atoms. The number of ether oxygens (including phenoxy) is 1. The van der Waals surface area contributed by atoms with Crippen molar-refractivity contribution >= 4 is 6.08 Å². The number of benzene rings is 1. The van der Waals surface area contributed by atoms with Crippen LogP contribution in [0.4, 0.5) is 0 Å². The molecule has 0 amide bonds. The highest BCUT2D eigenvalue weighted by Gasteiger charge is 1.98. The third kappa shape index (κ3) is 3.37. The zero-order valence-electron chi connectivity index (χ0n) is 8.84. The molecule has 0 radical (unpaired) electrons. The van der Waals surface area contributed by atoms with Gasteiger partial charge < -0.3 is 4.74 Å². The quantitative estimate of drug-likeness (QED) is 0.420. The van der Waals surface area contributed by atoms with Gasteiger partial charge in [0.05, 0.1) is 7.11 Å². The van der Waals surface area contributed by atoms with Crippen LogP contribution in [-0.4, -0.2) is 13.7 Å². The Morgan fingerprint density at radius 1 is 1.53 bits per heavy atom. The molecule has 0 atom stereocenters. The van der Waals surface area contributed by atoms with Gasteiger partial charge in [-0.05, 0) is 24.6 Å². The SMILES string of the molecule is COc1ccc(C)cc1C=CCN=[N+]=[N-]. The monoisotopic (exact) mass is 203 g/mol. The minimum atomic E-state index is 0.355. The number of azide groups is 1. The van der Waals surface area contributed by atoms with E-state index in [4.69, 9.17) is 10.3 Å². The van der Waals surface area contributed by atoms with Crippen molar-refractivity contribution in [1.29, 1.82) is 0 Å². The van der Waals surface area contributed by atoms with Crippen molar-refractivity contribution in [3.8, 4) is 5.75 Å². The first-order valence-corrected chi connectivity index (χ1v) is 4.60. The topological polar surface area (TPSA) is 58.0 Å². The van der Waals surface area contributed by atoms with E-state index in [1.807, 2.05) is 31.2 Å². The lowest BCUT2D eigenvalue weighted by atomic mass is 10.1. The molecule has 1 aromatic carbocycles. The molecule has 1 rings (SSSR count). The van der Waals surface area contributed by atoms with Gasteiger partial charge in [-0.1, -0.05) is 28.9 Å². The second-order valence-electron chi connectivity index (χ2n) is 3.06. The summed E-state index contributed by atoms with van der Waals surface area (Å²) < 4.78 is 5.20. The molecule has 0 heterocycles. The van der Waals surface area contributed by atoms with Gasteiger partial charge in [0.1, 0.15) is 5.75 Å². The molecular weight excluding hydrogens is 190 g/mol. The van der Waals surface area contributed by atoms with Gasteiger partial charge in [0.2, 0.25) is 0 Å². The molecule has 0 saturated heterocycles. The third-order valence-electron chi connectivity index (χ3n) is 1.93. The zero-order chi connectivity index (χ0) is 11.1. The van der Waals surface area contributed by atoms with E-state index in [0.29, 0.717) is 6.54 Å². The highest BCUT2D eigenvalue weighted by molar-refractivity contribution is 5.58. The second kappa shape index (κ2) is 5.73. The van der Waals surface area contributed by atoms with Gasteiger partial charge in [0.25, 0.3) is 0 Å². The van der Waals surface area contributed by atoms with E-state index in [9.17, 15) is 0 Å². The van der Waals surface area contributed by atoms with E-state index in [1.165, 1.54) is 5.56 Å². The first-order chi connectivity index (χ1) is 7.27. The van der Waals surface area contributed by atoms with Crippen LogP contribution < -0.4 is 4.74 Å². The molecule has 0 aliphatic carbocycles. The minimum absolute atomic E-state index is 0.355. The maximum Gasteiger partial charge on any atom is 0.126 e. The lowest BCUT2D eigenvalue weighted by molar-refractivity contribution is 0.413. The summed E-state index contributed by atoms with van der Waals surface area (Å²) in [6, 6.07) is 5.93. The molecule has 15 heavy (non-hydrogen) atoms. The van der Waals surface area contributed by atoms with Crippen molar-refractivity contribution in [2.45, 2.75) is 6.92 Å².